The van der Waals surface area contributed by atoms with Crippen LogP contribution in [-0.2, 0) is 4.74 Å². The molecular weight excluding hydrogens is 140 g/mol. The Morgan fingerprint density at radius 1 is 1.82 bits per heavy atom. The van der Waals surface area contributed by atoms with Gasteiger partial charge in [-0.2, -0.15) is 0 Å². The van der Waals surface area contributed by atoms with E-state index in [1.165, 1.54) is 18.2 Å². The predicted octanol–water partition coefficient (Wildman–Crippen LogP) is 1.15. The largest absolute Gasteiger partial charge is 0.365 e. The molecule has 0 saturated carbocycles. The summed E-state index contributed by atoms with van der Waals surface area (Å²) in [6.45, 7) is 0.0652. The first-order chi connectivity index (χ1) is 6.38. The lowest BCUT2D eigenvalue weighted by molar-refractivity contribution is -0.0594. The molecule has 2 rings (SSSR count). The summed E-state index contributed by atoms with van der Waals surface area (Å²) in [5.74, 6) is 0. The predicted molar refractivity (Wildman–Crippen MR) is 41.9 cm³/mol. The minimum Gasteiger partial charge on any atom is -0.365 e. The van der Waals surface area contributed by atoms with E-state index < -0.39 is 12.6 Å². The van der Waals surface area contributed by atoms with Gasteiger partial charge >= 0.3 is 0 Å². The van der Waals surface area contributed by atoms with E-state index >= 15 is 0 Å². The summed E-state index contributed by atoms with van der Waals surface area (Å²) in [5.41, 5.74) is 1.33. The Hall–Kier alpha value is -0.860. The maximum absolute atomic E-state index is 9.26. The normalized spacial score (nSPS) is 44.3. The number of hydrogen-bond donors (Lipinski definition) is 1. The van der Waals surface area contributed by atoms with E-state index in [9.17, 15) is 5.11 Å². The molecule has 1 unspecified atom stereocenters. The van der Waals surface area contributed by atoms with Gasteiger partial charge in [-0.15, -0.1) is 0 Å². The standard InChI is InChI=1S/C9H10O2/c10-9-5-7-3-1-2-4-8(7)6-11-9/h1,3-5,9-10H,2,6H2/i2D2,9D. The molecule has 2 aliphatic rings. The molecule has 0 aromatic rings. The van der Waals surface area contributed by atoms with E-state index in [0.717, 1.165) is 0 Å². The van der Waals surface area contributed by atoms with Crippen LogP contribution in [0.1, 0.15) is 10.5 Å². The molecule has 0 fully saturated rings. The maximum atomic E-state index is 9.26. The van der Waals surface area contributed by atoms with Crippen molar-refractivity contribution in [2.45, 2.75) is 12.6 Å². The second-order valence-corrected chi connectivity index (χ2v) is 2.40. The van der Waals surface area contributed by atoms with E-state index in [0.29, 0.717) is 11.1 Å². The van der Waals surface area contributed by atoms with Crippen LogP contribution >= 0.6 is 0 Å². The van der Waals surface area contributed by atoms with Crippen LogP contribution in [-0.4, -0.2) is 18.0 Å². The Morgan fingerprint density at radius 2 is 2.73 bits per heavy atom. The van der Waals surface area contributed by atoms with Crippen LogP contribution in [0.5, 0.6) is 0 Å². The van der Waals surface area contributed by atoms with Crippen molar-refractivity contribution in [2.75, 3.05) is 6.61 Å². The van der Waals surface area contributed by atoms with Gasteiger partial charge in [0.05, 0.1) is 7.98 Å². The molecular formula is C9H10O2. The van der Waals surface area contributed by atoms with E-state index in [4.69, 9.17) is 8.85 Å². The van der Waals surface area contributed by atoms with E-state index in [1.807, 2.05) is 0 Å². The van der Waals surface area contributed by atoms with Crippen LogP contribution in [0.3, 0.4) is 0 Å². The smallest absolute Gasteiger partial charge is 0.175 e. The number of hydrogen-bond acceptors (Lipinski definition) is 2. The zero-order chi connectivity index (χ0) is 10.4. The summed E-state index contributed by atoms with van der Waals surface area (Å²) < 4.78 is 27.0. The second kappa shape index (κ2) is 2.64. The molecule has 0 saturated heterocycles. The van der Waals surface area contributed by atoms with Crippen LogP contribution in [0, 0.1) is 0 Å². The van der Waals surface area contributed by atoms with Crippen LogP contribution in [0.25, 0.3) is 0 Å². The van der Waals surface area contributed by atoms with Crippen molar-refractivity contribution in [3.05, 3.63) is 35.5 Å². The van der Waals surface area contributed by atoms with E-state index in [1.54, 1.807) is 6.08 Å². The fourth-order valence-electron chi connectivity index (χ4n) is 1.07. The van der Waals surface area contributed by atoms with Crippen LogP contribution in [0.15, 0.2) is 35.5 Å². The van der Waals surface area contributed by atoms with Gasteiger partial charge in [0.15, 0.2) is 6.27 Å². The molecule has 0 spiro atoms. The molecule has 58 valence electrons. The summed E-state index contributed by atoms with van der Waals surface area (Å²) in [5, 5.41) is 9.26. The highest BCUT2D eigenvalue weighted by atomic mass is 16.6. The first kappa shape index (κ1) is 4.24. The lowest BCUT2D eigenvalue weighted by Crippen LogP contribution is -2.18. The average Bonchev–Trinajstić information content (AvgIpc) is 2.04. The van der Waals surface area contributed by atoms with Gasteiger partial charge in [0.25, 0.3) is 0 Å². The zero-order valence-electron chi connectivity index (χ0n) is 8.87. The summed E-state index contributed by atoms with van der Waals surface area (Å²) in [6.07, 6.45) is 2.21. The van der Waals surface area contributed by atoms with Crippen LogP contribution < -0.4 is 0 Å². The number of rotatable bonds is 0. The average molecular weight is 153 g/mol. The van der Waals surface area contributed by atoms with Gasteiger partial charge in [-0.05, 0) is 23.6 Å². The summed E-state index contributed by atoms with van der Waals surface area (Å²) in [6, 6.07) is 0. The number of fused-ring (bicyclic) bond motifs is 1. The van der Waals surface area contributed by atoms with Crippen molar-refractivity contribution in [1.29, 1.82) is 0 Å². The SMILES string of the molecule is [2H]C1([2H])C=CC2=CC([2H])(O)OCC2=C1. The minimum absolute atomic E-state index is 0.0652. The molecule has 11 heavy (non-hydrogen) atoms. The zero-order valence-corrected chi connectivity index (χ0v) is 5.87. The monoisotopic (exact) mass is 153 g/mol. The van der Waals surface area contributed by atoms with E-state index in [-0.39, 0.29) is 6.61 Å². The quantitative estimate of drug-likeness (QED) is 0.565. The summed E-state index contributed by atoms with van der Waals surface area (Å²) in [4.78, 5) is 0. The topological polar surface area (TPSA) is 29.5 Å². The molecule has 0 amide bonds. The molecule has 1 N–H and O–H groups in total. The third-order valence-electron chi connectivity index (χ3n) is 1.64. The van der Waals surface area contributed by atoms with Crippen LogP contribution in [0.4, 0.5) is 0 Å². The van der Waals surface area contributed by atoms with Gasteiger partial charge in [0.1, 0.15) is 0 Å². The second-order valence-electron chi connectivity index (χ2n) is 2.40. The van der Waals surface area contributed by atoms with Gasteiger partial charge in [-0.25, -0.2) is 0 Å². The van der Waals surface area contributed by atoms with E-state index in [2.05, 4.69) is 0 Å². The van der Waals surface area contributed by atoms with Gasteiger partial charge in [-0.1, -0.05) is 18.2 Å². The van der Waals surface area contributed by atoms with Crippen molar-refractivity contribution < 1.29 is 14.0 Å². The summed E-state index contributed by atoms with van der Waals surface area (Å²) in [7, 11) is 0. The minimum atomic E-state index is -1.99. The molecule has 1 atom stereocenters. The van der Waals surface area contributed by atoms with Crippen molar-refractivity contribution in [3.63, 3.8) is 0 Å². The molecule has 1 heterocycles. The first-order valence-corrected chi connectivity index (χ1v) is 3.39. The lowest BCUT2D eigenvalue weighted by atomic mass is 9.98. The van der Waals surface area contributed by atoms with Gasteiger partial charge in [0, 0.05) is 2.74 Å². The Bertz CT molecular complexity index is 353. The third kappa shape index (κ3) is 1.27. The Labute approximate surface area is 69.7 Å². The maximum Gasteiger partial charge on any atom is 0.175 e. The molecule has 0 aromatic heterocycles. The fourth-order valence-corrected chi connectivity index (χ4v) is 1.07. The number of aliphatic hydroxyl groups is 1. The Kier molecular flexibility index (Phi) is 1.02. The molecule has 0 aromatic carbocycles. The molecule has 1 aliphatic carbocycles. The molecule has 0 bridgehead atoms. The third-order valence-corrected chi connectivity index (χ3v) is 1.64. The van der Waals surface area contributed by atoms with Crippen molar-refractivity contribution in [3.8, 4) is 0 Å². The van der Waals surface area contributed by atoms with Gasteiger partial charge in [-0.3, -0.25) is 0 Å². The Balaban J connectivity index is 2.38. The first-order valence-electron chi connectivity index (χ1n) is 4.89. The van der Waals surface area contributed by atoms with Crippen molar-refractivity contribution in [2.24, 2.45) is 0 Å². The van der Waals surface area contributed by atoms with Crippen molar-refractivity contribution >= 4 is 0 Å². The van der Waals surface area contributed by atoms with Crippen LogP contribution in [0.2, 0.25) is 0 Å². The van der Waals surface area contributed by atoms with Gasteiger partial charge < -0.3 is 9.84 Å². The summed E-state index contributed by atoms with van der Waals surface area (Å²) >= 11 is 0. The molecule has 2 nitrogen and oxygen atoms in total. The highest BCUT2D eigenvalue weighted by Gasteiger charge is 2.14. The lowest BCUT2D eigenvalue weighted by Gasteiger charge is -2.20. The molecule has 0 radical (unpaired) electrons. The molecule has 2 heteroatoms. The fraction of sp³-hybridized carbons (Fsp3) is 0.333. The number of allylic oxidation sites excluding steroid dienone is 3. The highest BCUT2D eigenvalue weighted by molar-refractivity contribution is 5.44. The number of ether oxygens (including phenoxy) is 1. The Morgan fingerprint density at radius 3 is 3.64 bits per heavy atom. The molecule has 1 aliphatic heterocycles. The van der Waals surface area contributed by atoms with Crippen molar-refractivity contribution in [1.82, 2.24) is 0 Å². The van der Waals surface area contributed by atoms with Gasteiger partial charge in [0.2, 0.25) is 0 Å². The highest BCUT2D eigenvalue weighted by Crippen LogP contribution is 2.22.